The maximum Gasteiger partial charge on any atom is 0.225 e. The Hall–Kier alpha value is -0.610. The third-order valence-corrected chi connectivity index (χ3v) is 4.05. The minimum atomic E-state index is -0.354. The van der Waals surface area contributed by atoms with Crippen molar-refractivity contribution in [3.8, 4) is 0 Å². The first-order valence-electron chi connectivity index (χ1n) is 6.30. The normalized spacial score (nSPS) is 40.1. The van der Waals surface area contributed by atoms with Crippen LogP contribution < -0.4 is 5.73 Å². The average Bonchev–Trinajstić information content (AvgIpc) is 2.68. The highest BCUT2D eigenvalue weighted by molar-refractivity contribution is 5.79. The van der Waals surface area contributed by atoms with Gasteiger partial charge in [0.1, 0.15) is 0 Å². The van der Waals surface area contributed by atoms with Gasteiger partial charge in [-0.25, -0.2) is 0 Å². The van der Waals surface area contributed by atoms with E-state index in [1.165, 1.54) is 0 Å². The molecule has 1 saturated heterocycles. The van der Waals surface area contributed by atoms with Crippen molar-refractivity contribution >= 4 is 5.91 Å². The van der Waals surface area contributed by atoms with Crippen LogP contribution in [0, 0.1) is 11.8 Å². The van der Waals surface area contributed by atoms with Crippen LogP contribution in [0.25, 0.3) is 0 Å². The van der Waals surface area contributed by atoms with Gasteiger partial charge in [-0.2, -0.15) is 0 Å². The summed E-state index contributed by atoms with van der Waals surface area (Å²) in [6, 6.07) is 0.197. The van der Waals surface area contributed by atoms with Crippen LogP contribution in [0.5, 0.6) is 0 Å². The van der Waals surface area contributed by atoms with E-state index >= 15 is 0 Å². The van der Waals surface area contributed by atoms with E-state index in [2.05, 4.69) is 0 Å². The number of aliphatic hydroxyl groups is 1. The number of β-amino-alcohol motifs (C(OH)–C–C–N with tert-alkyl or cyclic N) is 1. The van der Waals surface area contributed by atoms with Gasteiger partial charge in [0, 0.05) is 25.0 Å². The standard InChI is InChI=1S/C12H22N2O2/c1-8-4-5-14(7-11(8)15)12(16)9-2-3-10(13)6-9/h8-11,15H,2-7,13H2,1H3. The molecule has 0 aromatic carbocycles. The predicted molar refractivity (Wildman–Crippen MR) is 61.7 cm³/mol. The first-order valence-corrected chi connectivity index (χ1v) is 6.30. The second-order valence-electron chi connectivity index (χ2n) is 5.39. The first-order chi connectivity index (χ1) is 7.58. The summed E-state index contributed by atoms with van der Waals surface area (Å²) in [6.45, 7) is 3.34. The molecule has 1 saturated carbocycles. The summed E-state index contributed by atoms with van der Waals surface area (Å²) in [5.74, 6) is 0.629. The Morgan fingerprint density at radius 3 is 2.69 bits per heavy atom. The smallest absolute Gasteiger partial charge is 0.225 e. The minimum Gasteiger partial charge on any atom is -0.391 e. The number of aliphatic hydroxyl groups excluding tert-OH is 1. The summed E-state index contributed by atoms with van der Waals surface area (Å²) in [5.41, 5.74) is 5.82. The van der Waals surface area contributed by atoms with Crippen LogP contribution in [0.3, 0.4) is 0 Å². The van der Waals surface area contributed by atoms with Gasteiger partial charge in [-0.15, -0.1) is 0 Å². The van der Waals surface area contributed by atoms with Crippen LogP contribution in [0.1, 0.15) is 32.6 Å². The molecule has 1 amide bonds. The lowest BCUT2D eigenvalue weighted by Crippen LogP contribution is -2.47. The van der Waals surface area contributed by atoms with Gasteiger partial charge in [0.25, 0.3) is 0 Å². The number of rotatable bonds is 1. The lowest BCUT2D eigenvalue weighted by Gasteiger charge is -2.35. The van der Waals surface area contributed by atoms with Crippen molar-refractivity contribution in [1.82, 2.24) is 4.90 Å². The third-order valence-electron chi connectivity index (χ3n) is 4.05. The zero-order valence-corrected chi connectivity index (χ0v) is 9.93. The molecule has 2 fully saturated rings. The van der Waals surface area contributed by atoms with Crippen LogP contribution in [-0.2, 0) is 4.79 Å². The number of hydrogen-bond donors (Lipinski definition) is 2. The van der Waals surface area contributed by atoms with Crippen LogP contribution in [0.2, 0.25) is 0 Å². The molecule has 16 heavy (non-hydrogen) atoms. The number of amides is 1. The van der Waals surface area contributed by atoms with Gasteiger partial charge in [-0.1, -0.05) is 6.92 Å². The summed E-state index contributed by atoms with van der Waals surface area (Å²) in [7, 11) is 0. The van der Waals surface area contributed by atoms with E-state index in [1.807, 2.05) is 11.8 Å². The number of hydrogen-bond acceptors (Lipinski definition) is 3. The Morgan fingerprint density at radius 2 is 2.12 bits per heavy atom. The fraction of sp³-hybridized carbons (Fsp3) is 0.917. The molecular formula is C12H22N2O2. The predicted octanol–water partition coefficient (Wildman–Crippen LogP) is 0.343. The van der Waals surface area contributed by atoms with E-state index in [-0.39, 0.29) is 24.0 Å². The SMILES string of the molecule is CC1CCN(C(=O)C2CCC(N)C2)CC1O. The molecule has 1 aliphatic carbocycles. The molecule has 0 aromatic heterocycles. The average molecular weight is 226 g/mol. The molecule has 0 spiro atoms. The third kappa shape index (κ3) is 2.38. The van der Waals surface area contributed by atoms with Crippen LogP contribution in [0.4, 0.5) is 0 Å². The molecule has 92 valence electrons. The van der Waals surface area contributed by atoms with Gasteiger partial charge in [-0.3, -0.25) is 4.79 Å². The molecule has 3 N–H and O–H groups in total. The maximum absolute atomic E-state index is 12.2. The molecule has 0 radical (unpaired) electrons. The summed E-state index contributed by atoms with van der Waals surface area (Å²) >= 11 is 0. The number of piperidine rings is 1. The molecule has 1 aliphatic heterocycles. The second-order valence-corrected chi connectivity index (χ2v) is 5.39. The second kappa shape index (κ2) is 4.72. The quantitative estimate of drug-likeness (QED) is 0.677. The van der Waals surface area contributed by atoms with Gasteiger partial charge in [0.15, 0.2) is 0 Å². The molecule has 0 bridgehead atoms. The number of nitrogens with two attached hydrogens (primary N) is 1. The van der Waals surface area contributed by atoms with Crippen molar-refractivity contribution in [1.29, 1.82) is 0 Å². The summed E-state index contributed by atoms with van der Waals surface area (Å²) in [4.78, 5) is 14.0. The van der Waals surface area contributed by atoms with E-state index in [0.717, 1.165) is 32.2 Å². The van der Waals surface area contributed by atoms with E-state index in [4.69, 9.17) is 5.73 Å². The first kappa shape index (κ1) is 11.9. The maximum atomic E-state index is 12.2. The van der Waals surface area contributed by atoms with Crippen molar-refractivity contribution in [2.45, 2.75) is 44.8 Å². The Kier molecular flexibility index (Phi) is 3.50. The fourth-order valence-corrected chi connectivity index (χ4v) is 2.75. The largest absolute Gasteiger partial charge is 0.391 e. The summed E-state index contributed by atoms with van der Waals surface area (Å²) in [6.07, 6.45) is 3.26. The lowest BCUT2D eigenvalue weighted by molar-refractivity contribution is -0.139. The van der Waals surface area contributed by atoms with Crippen molar-refractivity contribution < 1.29 is 9.90 Å². The van der Waals surface area contributed by atoms with E-state index in [0.29, 0.717) is 12.5 Å². The highest BCUT2D eigenvalue weighted by Gasteiger charge is 2.34. The molecule has 4 atom stereocenters. The van der Waals surface area contributed by atoms with E-state index in [1.54, 1.807) is 0 Å². The molecule has 4 unspecified atom stereocenters. The van der Waals surface area contributed by atoms with E-state index in [9.17, 15) is 9.90 Å². The molecule has 2 rings (SSSR count). The Balaban J connectivity index is 1.90. The van der Waals surface area contributed by atoms with Crippen LogP contribution in [-0.4, -0.2) is 41.1 Å². The summed E-state index contributed by atoms with van der Waals surface area (Å²) in [5, 5.41) is 9.77. The Labute approximate surface area is 96.8 Å². The Bertz CT molecular complexity index is 270. The lowest BCUT2D eigenvalue weighted by atomic mass is 9.94. The van der Waals surface area contributed by atoms with Crippen molar-refractivity contribution in [3.05, 3.63) is 0 Å². The molecular weight excluding hydrogens is 204 g/mol. The van der Waals surface area contributed by atoms with Crippen molar-refractivity contribution in [2.75, 3.05) is 13.1 Å². The molecule has 4 nitrogen and oxygen atoms in total. The summed E-state index contributed by atoms with van der Waals surface area (Å²) < 4.78 is 0. The number of likely N-dealkylation sites (tertiary alicyclic amines) is 1. The van der Waals surface area contributed by atoms with Gasteiger partial charge in [0.2, 0.25) is 5.91 Å². The van der Waals surface area contributed by atoms with Crippen LogP contribution >= 0.6 is 0 Å². The molecule has 2 aliphatic rings. The topological polar surface area (TPSA) is 66.6 Å². The highest BCUT2D eigenvalue weighted by Crippen LogP contribution is 2.28. The van der Waals surface area contributed by atoms with Crippen LogP contribution in [0.15, 0.2) is 0 Å². The minimum absolute atomic E-state index is 0.107. The fourth-order valence-electron chi connectivity index (χ4n) is 2.75. The van der Waals surface area contributed by atoms with Crippen molar-refractivity contribution in [3.63, 3.8) is 0 Å². The number of nitrogens with zero attached hydrogens (tertiary/aromatic N) is 1. The molecule has 0 aromatic rings. The zero-order chi connectivity index (χ0) is 11.7. The monoisotopic (exact) mass is 226 g/mol. The molecule has 1 heterocycles. The molecule has 4 heteroatoms. The van der Waals surface area contributed by atoms with Gasteiger partial charge in [0.05, 0.1) is 6.10 Å². The van der Waals surface area contributed by atoms with Gasteiger partial charge >= 0.3 is 0 Å². The van der Waals surface area contributed by atoms with Crippen molar-refractivity contribution in [2.24, 2.45) is 17.6 Å². The Morgan fingerprint density at radius 1 is 1.38 bits per heavy atom. The number of carbonyl (C=O) groups excluding carboxylic acids is 1. The zero-order valence-electron chi connectivity index (χ0n) is 9.93. The highest BCUT2D eigenvalue weighted by atomic mass is 16.3. The number of carbonyl (C=O) groups is 1. The van der Waals surface area contributed by atoms with Gasteiger partial charge in [-0.05, 0) is 31.6 Å². The van der Waals surface area contributed by atoms with E-state index < -0.39 is 0 Å². The van der Waals surface area contributed by atoms with Gasteiger partial charge < -0.3 is 15.7 Å².